The topological polar surface area (TPSA) is 218 Å². The highest BCUT2D eigenvalue weighted by atomic mass is 16.6. The molecule has 15 nitrogen and oxygen atoms in total. The molecular formula is C28H29N7O8. The van der Waals surface area contributed by atoms with Crippen molar-refractivity contribution in [1.29, 1.82) is 0 Å². The first-order chi connectivity index (χ1) is 20.7. The Morgan fingerprint density at radius 2 is 1.79 bits per heavy atom. The third-order valence-corrected chi connectivity index (χ3v) is 7.01. The fraction of sp³-hybridized carbons (Fsp3) is 0.286. The summed E-state index contributed by atoms with van der Waals surface area (Å²) >= 11 is 0. The molecule has 2 aromatic heterocycles. The van der Waals surface area contributed by atoms with Gasteiger partial charge in [0.2, 0.25) is 5.91 Å². The van der Waals surface area contributed by atoms with Gasteiger partial charge in [0.15, 0.2) is 23.8 Å². The number of carbonyl (C=O) groups is 3. The van der Waals surface area contributed by atoms with E-state index in [9.17, 15) is 24.6 Å². The summed E-state index contributed by atoms with van der Waals surface area (Å²) < 4.78 is 17.6. The van der Waals surface area contributed by atoms with E-state index in [0.717, 1.165) is 6.33 Å². The highest BCUT2D eigenvalue weighted by Crippen LogP contribution is 2.35. The number of hydrogen-bond acceptors (Lipinski definition) is 12. The van der Waals surface area contributed by atoms with Gasteiger partial charge in [0.25, 0.3) is 0 Å². The lowest BCUT2D eigenvalue weighted by Gasteiger charge is -2.31. The van der Waals surface area contributed by atoms with Gasteiger partial charge in [-0.05, 0) is 29.7 Å². The molecule has 0 aliphatic carbocycles. The van der Waals surface area contributed by atoms with E-state index in [2.05, 4.69) is 15.0 Å². The molecule has 15 heteroatoms. The molecule has 1 aliphatic rings. The molecule has 3 heterocycles. The van der Waals surface area contributed by atoms with Crippen molar-refractivity contribution in [1.82, 2.24) is 24.4 Å². The number of ether oxygens (including phenoxy) is 3. The Bertz CT molecular complexity index is 1610. The molecule has 1 fully saturated rings. The lowest BCUT2D eigenvalue weighted by atomic mass is 10.0. The number of carboxylic acids is 1. The van der Waals surface area contributed by atoms with Crippen LogP contribution in [-0.4, -0.2) is 84.0 Å². The van der Waals surface area contributed by atoms with Gasteiger partial charge in [0.1, 0.15) is 36.3 Å². The molecule has 0 bridgehead atoms. The molecule has 5 rings (SSSR count). The second-order valence-electron chi connectivity index (χ2n) is 9.76. The average molecular weight is 592 g/mol. The molecule has 6 N–H and O–H groups in total. The number of methoxy groups -OCH3 is 1. The molecular weight excluding hydrogens is 562 g/mol. The van der Waals surface area contributed by atoms with Crippen molar-refractivity contribution in [2.45, 2.75) is 43.5 Å². The van der Waals surface area contributed by atoms with E-state index in [0.29, 0.717) is 21.8 Å². The minimum absolute atomic E-state index is 0.0154. The molecule has 2 amide bonds. The molecule has 0 radical (unpaired) electrons. The molecule has 5 atom stereocenters. The molecule has 4 aromatic rings. The number of amides is 2. The normalized spacial score (nSPS) is 20.4. The number of aliphatic carboxylic acids is 1. The van der Waals surface area contributed by atoms with Gasteiger partial charge in [0.05, 0.1) is 19.5 Å². The molecule has 0 spiro atoms. The zero-order chi connectivity index (χ0) is 30.7. The number of fused-ring (bicyclic) bond motifs is 1. The Morgan fingerprint density at radius 1 is 1.07 bits per heavy atom. The number of rotatable bonds is 9. The minimum atomic E-state index is -1.86. The lowest BCUT2D eigenvalue weighted by Crippen LogP contribution is -2.59. The fourth-order valence-corrected chi connectivity index (χ4v) is 4.87. The van der Waals surface area contributed by atoms with E-state index >= 15 is 0 Å². The van der Waals surface area contributed by atoms with Crippen molar-refractivity contribution in [3.63, 3.8) is 0 Å². The van der Waals surface area contributed by atoms with E-state index in [1.807, 2.05) is 0 Å². The first kappa shape index (κ1) is 29.4. The summed E-state index contributed by atoms with van der Waals surface area (Å²) in [6, 6.07) is 12.4. The Balaban J connectivity index is 1.48. The van der Waals surface area contributed by atoms with Crippen molar-refractivity contribution in [3.8, 4) is 5.75 Å². The van der Waals surface area contributed by atoms with Crippen molar-refractivity contribution in [2.75, 3.05) is 12.8 Å². The third kappa shape index (κ3) is 5.94. The Hall–Kier alpha value is -5.12. The van der Waals surface area contributed by atoms with Gasteiger partial charge in [-0.1, -0.05) is 42.5 Å². The molecule has 2 aromatic carbocycles. The van der Waals surface area contributed by atoms with Gasteiger partial charge < -0.3 is 35.9 Å². The number of aromatic nitrogens is 4. The van der Waals surface area contributed by atoms with E-state index in [1.54, 1.807) is 54.6 Å². The average Bonchev–Trinajstić information content (AvgIpc) is 3.59. The standard InChI is InChI=1S/C28H29N7O8/c1-41-17-9-7-15(8-10-17)11-18(29)25(37)35(28(40)42-12-16-5-3-2-4-6-16)20-21(36)26(43-22(20)27(38)39)34-14-33-19-23(30)31-13-32-24(19)34/h2-10,13-14,18,20-22,26,36H,11-12,29H2,1H3,(H,38,39)(H2,30,31,32)/t18-,20-,21+,22-,26+/m0/s1. The van der Waals surface area contributed by atoms with Crippen LogP contribution in [0.5, 0.6) is 5.75 Å². The maximum Gasteiger partial charge on any atom is 0.417 e. The van der Waals surface area contributed by atoms with Crippen LogP contribution in [0.1, 0.15) is 17.4 Å². The number of nitrogens with zero attached hydrogens (tertiary/aromatic N) is 5. The van der Waals surface area contributed by atoms with Crippen molar-refractivity contribution in [2.24, 2.45) is 5.73 Å². The number of hydrogen-bond donors (Lipinski definition) is 4. The summed E-state index contributed by atoms with van der Waals surface area (Å²) in [5.74, 6) is -1.87. The van der Waals surface area contributed by atoms with Crippen LogP contribution in [0.4, 0.5) is 10.6 Å². The van der Waals surface area contributed by atoms with Gasteiger partial charge in [-0.15, -0.1) is 0 Å². The first-order valence-electron chi connectivity index (χ1n) is 13.1. The fourth-order valence-electron chi connectivity index (χ4n) is 4.87. The molecule has 43 heavy (non-hydrogen) atoms. The molecule has 1 aliphatic heterocycles. The highest BCUT2D eigenvalue weighted by Gasteiger charge is 2.55. The number of benzene rings is 2. The van der Waals surface area contributed by atoms with Crippen LogP contribution < -0.4 is 16.2 Å². The Kier molecular flexibility index (Phi) is 8.47. The highest BCUT2D eigenvalue weighted by molar-refractivity contribution is 5.96. The number of aliphatic hydroxyl groups is 1. The SMILES string of the molecule is COc1ccc(C[C@H](N)C(=O)N(C(=O)OCc2ccccc2)[C@H]2[C@@H](O)[C@H](n3cnc4c(N)ncnc43)O[C@@H]2C(=O)O)cc1. The Labute approximate surface area is 244 Å². The maximum atomic E-state index is 13.8. The molecule has 1 saturated heterocycles. The second kappa shape index (κ2) is 12.4. The maximum absolute atomic E-state index is 13.8. The van der Waals surface area contributed by atoms with E-state index < -0.39 is 48.5 Å². The predicted octanol–water partition coefficient (Wildman–Crippen LogP) is 0.864. The summed E-state index contributed by atoms with van der Waals surface area (Å²) in [5, 5.41) is 21.6. The lowest BCUT2D eigenvalue weighted by molar-refractivity contribution is -0.154. The van der Waals surface area contributed by atoms with Crippen LogP contribution in [0.15, 0.2) is 67.3 Å². The smallest absolute Gasteiger partial charge is 0.417 e. The van der Waals surface area contributed by atoms with Gasteiger partial charge in [-0.25, -0.2) is 29.4 Å². The molecule has 0 saturated carbocycles. The summed E-state index contributed by atoms with van der Waals surface area (Å²) in [7, 11) is 1.51. The zero-order valence-corrected chi connectivity index (χ0v) is 22.9. The van der Waals surface area contributed by atoms with Crippen LogP contribution in [0.2, 0.25) is 0 Å². The number of imide groups is 1. The summed E-state index contributed by atoms with van der Waals surface area (Å²) in [4.78, 5) is 52.4. The van der Waals surface area contributed by atoms with Crippen LogP contribution in [0.3, 0.4) is 0 Å². The van der Waals surface area contributed by atoms with Gasteiger partial charge >= 0.3 is 12.1 Å². The summed E-state index contributed by atoms with van der Waals surface area (Å²) in [6.07, 6.45) is -3.88. The zero-order valence-electron chi connectivity index (χ0n) is 22.9. The number of imidazole rings is 1. The van der Waals surface area contributed by atoms with Crippen molar-refractivity contribution < 1.29 is 38.8 Å². The monoisotopic (exact) mass is 591 g/mol. The number of carbonyl (C=O) groups excluding carboxylic acids is 2. The number of aliphatic hydroxyl groups excluding tert-OH is 1. The number of nitrogen functional groups attached to an aromatic ring is 1. The summed E-state index contributed by atoms with van der Waals surface area (Å²) in [6.45, 7) is -0.232. The van der Waals surface area contributed by atoms with Crippen LogP contribution in [0, 0.1) is 0 Å². The largest absolute Gasteiger partial charge is 0.497 e. The quantitative estimate of drug-likeness (QED) is 0.213. The van der Waals surface area contributed by atoms with Crippen LogP contribution in [-0.2, 0) is 32.1 Å². The third-order valence-electron chi connectivity index (χ3n) is 7.01. The van der Waals surface area contributed by atoms with Crippen molar-refractivity contribution >= 4 is 35.0 Å². The summed E-state index contributed by atoms with van der Waals surface area (Å²) in [5.41, 5.74) is 13.7. The van der Waals surface area contributed by atoms with Gasteiger partial charge in [-0.2, -0.15) is 0 Å². The Morgan fingerprint density at radius 3 is 2.47 bits per heavy atom. The van der Waals surface area contributed by atoms with E-state index in [4.69, 9.17) is 25.7 Å². The van der Waals surface area contributed by atoms with Crippen molar-refractivity contribution in [3.05, 3.63) is 78.4 Å². The molecule has 224 valence electrons. The number of anilines is 1. The second-order valence-corrected chi connectivity index (χ2v) is 9.76. The van der Waals surface area contributed by atoms with E-state index in [1.165, 1.54) is 18.0 Å². The van der Waals surface area contributed by atoms with Crippen LogP contribution in [0.25, 0.3) is 11.2 Å². The van der Waals surface area contributed by atoms with Gasteiger partial charge in [-0.3, -0.25) is 9.36 Å². The number of nitrogens with two attached hydrogens (primary N) is 2. The van der Waals surface area contributed by atoms with E-state index in [-0.39, 0.29) is 30.0 Å². The molecule has 0 unspecified atom stereocenters. The van der Waals surface area contributed by atoms with Gasteiger partial charge in [0, 0.05) is 0 Å². The number of carboxylic acid groups (broad SMARTS) is 1. The first-order valence-corrected chi connectivity index (χ1v) is 13.1. The minimum Gasteiger partial charge on any atom is -0.497 e. The predicted molar refractivity (Wildman–Crippen MR) is 149 cm³/mol. The van der Waals surface area contributed by atoms with Crippen LogP contribution >= 0.6 is 0 Å².